The Bertz CT molecular complexity index is 516. The van der Waals surface area contributed by atoms with Crippen LogP contribution in [0.15, 0.2) is 36.7 Å². The third kappa shape index (κ3) is 4.19. The van der Waals surface area contributed by atoms with Crippen LogP contribution in [0.4, 0.5) is 5.95 Å². The van der Waals surface area contributed by atoms with E-state index in [1.165, 1.54) is 11.1 Å². The number of benzene rings is 1. The van der Waals surface area contributed by atoms with Gasteiger partial charge >= 0.3 is 0 Å². The van der Waals surface area contributed by atoms with Crippen LogP contribution in [0.3, 0.4) is 0 Å². The van der Waals surface area contributed by atoms with Gasteiger partial charge in [0.25, 0.3) is 0 Å². The van der Waals surface area contributed by atoms with Gasteiger partial charge in [0.05, 0.1) is 24.0 Å². The third-order valence-corrected chi connectivity index (χ3v) is 2.83. The van der Waals surface area contributed by atoms with Crippen molar-refractivity contribution < 1.29 is 4.74 Å². The maximum Gasteiger partial charge on any atom is 0.222 e. The first kappa shape index (κ1) is 13.8. The van der Waals surface area contributed by atoms with Crippen LogP contribution in [-0.4, -0.2) is 16.6 Å². The Labute approximate surface area is 117 Å². The summed E-state index contributed by atoms with van der Waals surface area (Å²) < 4.78 is 5.45. The predicted octanol–water partition coefficient (Wildman–Crippen LogP) is 3.28. The van der Waals surface area contributed by atoms with E-state index in [2.05, 4.69) is 27.4 Å². The van der Waals surface area contributed by atoms with E-state index < -0.39 is 0 Å². The van der Waals surface area contributed by atoms with E-state index in [0.717, 1.165) is 0 Å². The molecular formula is C14H16ClN3O. The van der Waals surface area contributed by atoms with Crippen LogP contribution >= 0.6 is 11.6 Å². The molecule has 1 aromatic heterocycles. The van der Waals surface area contributed by atoms with E-state index in [4.69, 9.17) is 16.3 Å². The van der Waals surface area contributed by atoms with Gasteiger partial charge in [0.15, 0.2) is 0 Å². The van der Waals surface area contributed by atoms with Crippen molar-refractivity contribution in [3.8, 4) is 0 Å². The van der Waals surface area contributed by atoms with Gasteiger partial charge in [-0.2, -0.15) is 0 Å². The summed E-state index contributed by atoms with van der Waals surface area (Å²) in [5.41, 5.74) is 2.35. The van der Waals surface area contributed by atoms with Crippen molar-refractivity contribution in [2.24, 2.45) is 0 Å². The van der Waals surface area contributed by atoms with Gasteiger partial charge in [-0.15, -0.1) is 0 Å². The minimum absolute atomic E-state index is 0.530. The predicted molar refractivity (Wildman–Crippen MR) is 76.1 cm³/mol. The Morgan fingerprint density at radius 2 is 1.84 bits per heavy atom. The second kappa shape index (κ2) is 7.07. The molecule has 0 fully saturated rings. The van der Waals surface area contributed by atoms with Crippen molar-refractivity contribution in [2.75, 3.05) is 11.9 Å². The second-order valence-corrected chi connectivity index (χ2v) is 4.42. The van der Waals surface area contributed by atoms with Crippen LogP contribution < -0.4 is 5.32 Å². The molecule has 19 heavy (non-hydrogen) atoms. The molecule has 0 spiro atoms. The smallest absolute Gasteiger partial charge is 0.222 e. The van der Waals surface area contributed by atoms with Crippen molar-refractivity contribution in [3.05, 3.63) is 52.8 Å². The standard InChI is InChI=1S/C14H16ClN3O/c1-2-19-10-12-6-4-3-5-11(12)7-16-14-17-8-13(15)9-18-14/h3-6,8-9H,2,7,10H2,1H3,(H,16,17,18). The average molecular weight is 278 g/mol. The molecular weight excluding hydrogens is 262 g/mol. The van der Waals surface area contributed by atoms with E-state index >= 15 is 0 Å². The number of anilines is 1. The summed E-state index contributed by atoms with van der Waals surface area (Å²) in [7, 11) is 0. The molecule has 2 rings (SSSR count). The zero-order valence-corrected chi connectivity index (χ0v) is 11.5. The van der Waals surface area contributed by atoms with Crippen molar-refractivity contribution in [1.82, 2.24) is 9.97 Å². The fraction of sp³-hybridized carbons (Fsp3) is 0.286. The summed E-state index contributed by atoms with van der Waals surface area (Å²) in [6, 6.07) is 8.15. The largest absolute Gasteiger partial charge is 0.377 e. The molecule has 0 bridgehead atoms. The lowest BCUT2D eigenvalue weighted by atomic mass is 10.1. The molecule has 0 atom stereocenters. The van der Waals surface area contributed by atoms with Crippen molar-refractivity contribution >= 4 is 17.5 Å². The first-order chi connectivity index (χ1) is 9.29. The van der Waals surface area contributed by atoms with Crippen LogP contribution in [0, 0.1) is 0 Å². The number of hydrogen-bond acceptors (Lipinski definition) is 4. The fourth-order valence-corrected chi connectivity index (χ4v) is 1.76. The molecule has 0 amide bonds. The van der Waals surface area contributed by atoms with Gasteiger partial charge in [0, 0.05) is 13.2 Å². The lowest BCUT2D eigenvalue weighted by Gasteiger charge is -2.10. The first-order valence-electron chi connectivity index (χ1n) is 6.15. The molecule has 1 heterocycles. The van der Waals surface area contributed by atoms with Gasteiger partial charge in [-0.05, 0) is 18.1 Å². The van der Waals surface area contributed by atoms with Gasteiger partial charge in [0.1, 0.15) is 0 Å². The molecule has 1 N–H and O–H groups in total. The van der Waals surface area contributed by atoms with Crippen LogP contribution in [-0.2, 0) is 17.9 Å². The number of aromatic nitrogens is 2. The van der Waals surface area contributed by atoms with E-state index in [1.807, 2.05) is 19.1 Å². The fourth-order valence-electron chi connectivity index (χ4n) is 1.66. The molecule has 0 radical (unpaired) electrons. The Kier molecular flexibility index (Phi) is 5.12. The highest BCUT2D eigenvalue weighted by Crippen LogP contribution is 2.12. The molecule has 5 heteroatoms. The molecule has 0 aliphatic heterocycles. The van der Waals surface area contributed by atoms with E-state index in [0.29, 0.717) is 30.7 Å². The van der Waals surface area contributed by atoms with E-state index in [1.54, 1.807) is 12.4 Å². The molecule has 1 aromatic carbocycles. The van der Waals surface area contributed by atoms with Crippen molar-refractivity contribution in [2.45, 2.75) is 20.1 Å². The van der Waals surface area contributed by atoms with Crippen LogP contribution in [0.2, 0.25) is 5.02 Å². The molecule has 0 saturated carbocycles. The molecule has 0 saturated heterocycles. The number of hydrogen-bond donors (Lipinski definition) is 1. The minimum Gasteiger partial charge on any atom is -0.377 e. The van der Waals surface area contributed by atoms with E-state index in [9.17, 15) is 0 Å². The van der Waals surface area contributed by atoms with E-state index in [-0.39, 0.29) is 0 Å². The summed E-state index contributed by atoms with van der Waals surface area (Å²) in [5.74, 6) is 0.565. The van der Waals surface area contributed by atoms with Crippen molar-refractivity contribution in [3.63, 3.8) is 0 Å². The highest BCUT2D eigenvalue weighted by Gasteiger charge is 2.02. The Morgan fingerprint density at radius 1 is 1.16 bits per heavy atom. The zero-order chi connectivity index (χ0) is 13.5. The second-order valence-electron chi connectivity index (χ2n) is 3.98. The Morgan fingerprint density at radius 3 is 2.53 bits per heavy atom. The van der Waals surface area contributed by atoms with Gasteiger partial charge in [-0.3, -0.25) is 0 Å². The maximum absolute atomic E-state index is 5.74. The summed E-state index contributed by atoms with van der Waals surface area (Å²) in [4.78, 5) is 8.20. The molecule has 0 aliphatic rings. The van der Waals surface area contributed by atoms with Gasteiger partial charge in [-0.25, -0.2) is 9.97 Å². The average Bonchev–Trinajstić information content (AvgIpc) is 2.45. The van der Waals surface area contributed by atoms with Gasteiger partial charge < -0.3 is 10.1 Å². The molecule has 100 valence electrons. The maximum atomic E-state index is 5.74. The number of ether oxygens (including phenoxy) is 1. The number of halogens is 1. The molecule has 0 aliphatic carbocycles. The van der Waals surface area contributed by atoms with Crippen molar-refractivity contribution in [1.29, 1.82) is 0 Å². The van der Waals surface area contributed by atoms with Crippen LogP contribution in [0.1, 0.15) is 18.1 Å². The van der Waals surface area contributed by atoms with Gasteiger partial charge in [-0.1, -0.05) is 35.9 Å². The highest BCUT2D eigenvalue weighted by atomic mass is 35.5. The molecule has 2 aromatic rings. The Balaban J connectivity index is 2.00. The quantitative estimate of drug-likeness (QED) is 0.880. The van der Waals surface area contributed by atoms with Crippen LogP contribution in [0.5, 0.6) is 0 Å². The first-order valence-corrected chi connectivity index (χ1v) is 6.53. The van der Waals surface area contributed by atoms with Gasteiger partial charge in [0.2, 0.25) is 5.95 Å². The number of nitrogens with one attached hydrogen (secondary N) is 1. The lowest BCUT2D eigenvalue weighted by Crippen LogP contribution is -2.06. The summed E-state index contributed by atoms with van der Waals surface area (Å²) in [6.07, 6.45) is 3.14. The highest BCUT2D eigenvalue weighted by molar-refractivity contribution is 6.30. The summed E-state index contributed by atoms with van der Waals surface area (Å²) in [6.45, 7) is 3.98. The number of nitrogens with zero attached hydrogens (tertiary/aromatic N) is 2. The summed E-state index contributed by atoms with van der Waals surface area (Å²) >= 11 is 5.74. The lowest BCUT2D eigenvalue weighted by molar-refractivity contribution is 0.133. The summed E-state index contributed by atoms with van der Waals surface area (Å²) in [5, 5.41) is 3.70. The normalized spacial score (nSPS) is 10.4. The molecule has 0 unspecified atom stereocenters. The molecule has 4 nitrogen and oxygen atoms in total. The zero-order valence-electron chi connectivity index (χ0n) is 10.8. The topological polar surface area (TPSA) is 47.0 Å². The third-order valence-electron chi connectivity index (χ3n) is 2.64. The number of rotatable bonds is 6. The Hall–Kier alpha value is -1.65. The monoisotopic (exact) mass is 277 g/mol. The SMILES string of the molecule is CCOCc1ccccc1CNc1ncc(Cl)cn1. The minimum atomic E-state index is 0.530. The van der Waals surface area contributed by atoms with Crippen LogP contribution in [0.25, 0.3) is 0 Å².